The third kappa shape index (κ3) is 3.39. The van der Waals surface area contributed by atoms with Crippen LogP contribution in [0, 0.1) is 0 Å². The van der Waals surface area contributed by atoms with Crippen LogP contribution in [-0.4, -0.2) is 10.1 Å². The zero-order chi connectivity index (χ0) is 12.8. The van der Waals surface area contributed by atoms with Crippen molar-refractivity contribution in [1.29, 1.82) is 0 Å². The molecule has 3 nitrogen and oxygen atoms in total. The molecule has 0 amide bonds. The van der Waals surface area contributed by atoms with E-state index in [0.29, 0.717) is 0 Å². The summed E-state index contributed by atoms with van der Waals surface area (Å²) in [5, 5.41) is 12.4. The summed E-state index contributed by atoms with van der Waals surface area (Å²) in [5.74, 6) is 0. The summed E-state index contributed by atoms with van der Waals surface area (Å²) >= 11 is 0. The predicted molar refractivity (Wildman–Crippen MR) is 71.9 cm³/mol. The van der Waals surface area contributed by atoms with E-state index >= 15 is 0 Å². The average molecular weight is 242 g/mol. The van der Waals surface area contributed by atoms with Crippen molar-refractivity contribution in [1.82, 2.24) is 10.3 Å². The molecule has 1 atom stereocenters. The zero-order valence-corrected chi connectivity index (χ0v) is 10.5. The third-order valence-corrected chi connectivity index (χ3v) is 3.00. The van der Waals surface area contributed by atoms with Crippen LogP contribution in [0.15, 0.2) is 48.8 Å². The lowest BCUT2D eigenvalue weighted by molar-refractivity contribution is 0.282. The van der Waals surface area contributed by atoms with E-state index in [-0.39, 0.29) is 12.6 Å². The quantitative estimate of drug-likeness (QED) is 0.846. The Labute approximate surface area is 108 Å². The Morgan fingerprint density at radius 2 is 1.89 bits per heavy atom. The Morgan fingerprint density at radius 1 is 1.17 bits per heavy atom. The molecule has 2 N–H and O–H groups in total. The summed E-state index contributed by atoms with van der Waals surface area (Å²) in [5.41, 5.74) is 3.34. The van der Waals surface area contributed by atoms with Gasteiger partial charge in [-0.15, -0.1) is 0 Å². The summed E-state index contributed by atoms with van der Waals surface area (Å²) < 4.78 is 0. The molecule has 0 unspecified atom stereocenters. The summed E-state index contributed by atoms with van der Waals surface area (Å²) in [6, 6.07) is 12.3. The largest absolute Gasteiger partial charge is 0.392 e. The molecule has 1 aromatic heterocycles. The van der Waals surface area contributed by atoms with Crippen molar-refractivity contribution in [2.24, 2.45) is 0 Å². The SMILES string of the molecule is C[C@H](NCc1ccc(CO)cc1)c1cccnc1. The molecule has 0 radical (unpaired) electrons. The van der Waals surface area contributed by atoms with Gasteiger partial charge in [-0.1, -0.05) is 30.3 Å². The first-order valence-electron chi connectivity index (χ1n) is 6.11. The van der Waals surface area contributed by atoms with E-state index in [1.54, 1.807) is 6.20 Å². The van der Waals surface area contributed by atoms with Gasteiger partial charge in [0.1, 0.15) is 0 Å². The van der Waals surface area contributed by atoms with Gasteiger partial charge >= 0.3 is 0 Å². The number of aromatic nitrogens is 1. The highest BCUT2D eigenvalue weighted by Crippen LogP contribution is 2.11. The second-order valence-electron chi connectivity index (χ2n) is 4.36. The first-order chi connectivity index (χ1) is 8.79. The van der Waals surface area contributed by atoms with Crippen LogP contribution in [0.5, 0.6) is 0 Å². The second kappa shape index (κ2) is 6.28. The minimum Gasteiger partial charge on any atom is -0.392 e. The van der Waals surface area contributed by atoms with Crippen molar-refractivity contribution >= 4 is 0 Å². The molecular formula is C15H18N2O. The van der Waals surface area contributed by atoms with Gasteiger partial charge in [0.15, 0.2) is 0 Å². The molecule has 0 saturated carbocycles. The smallest absolute Gasteiger partial charge is 0.0681 e. The molecule has 94 valence electrons. The Balaban J connectivity index is 1.91. The van der Waals surface area contributed by atoms with Crippen molar-refractivity contribution in [3.63, 3.8) is 0 Å². The summed E-state index contributed by atoms with van der Waals surface area (Å²) in [7, 11) is 0. The lowest BCUT2D eigenvalue weighted by Gasteiger charge is -2.13. The van der Waals surface area contributed by atoms with Crippen LogP contribution in [0.2, 0.25) is 0 Å². The Hall–Kier alpha value is -1.71. The zero-order valence-electron chi connectivity index (χ0n) is 10.5. The van der Waals surface area contributed by atoms with Crippen molar-refractivity contribution < 1.29 is 5.11 Å². The van der Waals surface area contributed by atoms with E-state index in [0.717, 1.165) is 12.1 Å². The molecule has 18 heavy (non-hydrogen) atoms. The van der Waals surface area contributed by atoms with Crippen LogP contribution < -0.4 is 5.32 Å². The molecule has 2 rings (SSSR count). The molecule has 1 aromatic carbocycles. The molecule has 0 spiro atoms. The van der Waals surface area contributed by atoms with E-state index < -0.39 is 0 Å². The van der Waals surface area contributed by atoms with E-state index in [2.05, 4.69) is 23.3 Å². The number of benzene rings is 1. The predicted octanol–water partition coefficient (Wildman–Crippen LogP) is 2.42. The van der Waals surface area contributed by atoms with Crippen LogP contribution in [0.3, 0.4) is 0 Å². The first-order valence-corrected chi connectivity index (χ1v) is 6.11. The number of aliphatic hydroxyl groups excluding tert-OH is 1. The molecule has 0 aliphatic carbocycles. The minimum absolute atomic E-state index is 0.0970. The van der Waals surface area contributed by atoms with Crippen molar-refractivity contribution in [3.05, 3.63) is 65.5 Å². The molecule has 0 aliphatic heterocycles. The summed E-state index contributed by atoms with van der Waals surface area (Å²) in [6.45, 7) is 3.03. The maximum Gasteiger partial charge on any atom is 0.0681 e. The standard InChI is InChI=1S/C15H18N2O/c1-12(15-3-2-8-16-10-15)17-9-13-4-6-14(11-18)7-5-13/h2-8,10,12,17-18H,9,11H2,1H3/t12-/m0/s1. The van der Waals surface area contributed by atoms with Gasteiger partial charge < -0.3 is 10.4 Å². The summed E-state index contributed by atoms with van der Waals surface area (Å²) in [4.78, 5) is 4.12. The average Bonchev–Trinajstić information content (AvgIpc) is 2.46. The highest BCUT2D eigenvalue weighted by molar-refractivity contribution is 5.22. The Morgan fingerprint density at radius 3 is 2.50 bits per heavy atom. The fourth-order valence-electron chi connectivity index (χ4n) is 1.78. The molecule has 0 fully saturated rings. The van der Waals surface area contributed by atoms with Gasteiger partial charge in [0.2, 0.25) is 0 Å². The van der Waals surface area contributed by atoms with Crippen LogP contribution in [0.4, 0.5) is 0 Å². The second-order valence-corrected chi connectivity index (χ2v) is 4.36. The van der Waals surface area contributed by atoms with Gasteiger partial charge in [-0.05, 0) is 29.7 Å². The van der Waals surface area contributed by atoms with Gasteiger partial charge in [0.25, 0.3) is 0 Å². The number of rotatable bonds is 5. The van der Waals surface area contributed by atoms with Crippen molar-refractivity contribution in [3.8, 4) is 0 Å². The number of hydrogen-bond donors (Lipinski definition) is 2. The van der Waals surface area contributed by atoms with E-state index in [1.165, 1.54) is 11.1 Å². The molecule has 3 heteroatoms. The Bertz CT molecular complexity index is 468. The van der Waals surface area contributed by atoms with E-state index in [1.807, 2.05) is 36.5 Å². The number of hydrogen-bond acceptors (Lipinski definition) is 3. The highest BCUT2D eigenvalue weighted by atomic mass is 16.3. The number of pyridine rings is 1. The maximum absolute atomic E-state index is 8.97. The van der Waals surface area contributed by atoms with Crippen molar-refractivity contribution in [2.75, 3.05) is 0 Å². The fraction of sp³-hybridized carbons (Fsp3) is 0.267. The van der Waals surface area contributed by atoms with Crippen molar-refractivity contribution in [2.45, 2.75) is 26.1 Å². The van der Waals surface area contributed by atoms with Gasteiger partial charge in [-0.25, -0.2) is 0 Å². The maximum atomic E-state index is 8.97. The normalized spacial score (nSPS) is 12.3. The molecule has 1 heterocycles. The monoisotopic (exact) mass is 242 g/mol. The minimum atomic E-state index is 0.0970. The van der Waals surface area contributed by atoms with Gasteiger partial charge in [0.05, 0.1) is 6.61 Å². The topological polar surface area (TPSA) is 45.1 Å². The Kier molecular flexibility index (Phi) is 4.45. The summed E-state index contributed by atoms with van der Waals surface area (Å²) in [6.07, 6.45) is 3.66. The van der Waals surface area contributed by atoms with E-state index in [9.17, 15) is 0 Å². The molecule has 2 aromatic rings. The van der Waals surface area contributed by atoms with E-state index in [4.69, 9.17) is 5.11 Å². The van der Waals surface area contributed by atoms with Crippen LogP contribution in [0.25, 0.3) is 0 Å². The van der Waals surface area contributed by atoms with Gasteiger partial charge in [0, 0.05) is 25.0 Å². The number of aliphatic hydroxyl groups is 1. The molecular weight excluding hydrogens is 224 g/mol. The number of nitrogens with one attached hydrogen (secondary N) is 1. The van der Waals surface area contributed by atoms with Crippen LogP contribution >= 0.6 is 0 Å². The molecule has 0 bridgehead atoms. The lowest BCUT2D eigenvalue weighted by atomic mass is 10.1. The fourth-order valence-corrected chi connectivity index (χ4v) is 1.78. The molecule has 0 aliphatic rings. The van der Waals surface area contributed by atoms with Gasteiger partial charge in [-0.2, -0.15) is 0 Å². The first kappa shape index (κ1) is 12.7. The van der Waals surface area contributed by atoms with Crippen LogP contribution in [-0.2, 0) is 13.2 Å². The molecule has 0 saturated heterocycles. The van der Waals surface area contributed by atoms with Gasteiger partial charge in [-0.3, -0.25) is 4.98 Å². The third-order valence-electron chi connectivity index (χ3n) is 3.00. The van der Waals surface area contributed by atoms with Crippen LogP contribution in [0.1, 0.15) is 29.7 Å². The highest BCUT2D eigenvalue weighted by Gasteiger charge is 2.04. The lowest BCUT2D eigenvalue weighted by Crippen LogP contribution is -2.18. The number of nitrogens with zero attached hydrogens (tertiary/aromatic N) is 1.